The van der Waals surface area contributed by atoms with Crippen LogP contribution in [0.2, 0.25) is 0 Å². The molecule has 1 aromatic heterocycles. The first-order chi connectivity index (χ1) is 14.0. The number of hydrogen-bond acceptors (Lipinski definition) is 4. The lowest BCUT2D eigenvalue weighted by molar-refractivity contribution is 0.198. The molecule has 158 valence electrons. The van der Waals surface area contributed by atoms with Gasteiger partial charge in [-0.25, -0.2) is 4.39 Å². The predicted molar refractivity (Wildman–Crippen MR) is 113 cm³/mol. The number of methoxy groups -OCH3 is 1. The molecule has 1 fully saturated rings. The van der Waals surface area contributed by atoms with Gasteiger partial charge in [0.2, 0.25) is 0 Å². The zero-order valence-corrected chi connectivity index (χ0v) is 17.7. The van der Waals surface area contributed by atoms with Crippen molar-refractivity contribution in [2.24, 2.45) is 4.99 Å². The van der Waals surface area contributed by atoms with Crippen LogP contribution in [-0.4, -0.2) is 44.1 Å². The number of hydrogen-bond donors (Lipinski definition) is 2. The highest BCUT2D eigenvalue weighted by Gasteiger charge is 2.20. The van der Waals surface area contributed by atoms with Gasteiger partial charge in [-0.15, -0.1) is 0 Å². The van der Waals surface area contributed by atoms with Crippen molar-refractivity contribution in [3.8, 4) is 5.75 Å². The van der Waals surface area contributed by atoms with Crippen molar-refractivity contribution >= 4 is 5.96 Å². The molecule has 0 aliphatic carbocycles. The van der Waals surface area contributed by atoms with Crippen LogP contribution in [0.5, 0.6) is 5.75 Å². The molecule has 3 rings (SSSR count). The van der Waals surface area contributed by atoms with Gasteiger partial charge < -0.3 is 19.8 Å². The lowest BCUT2D eigenvalue weighted by atomic mass is 10.0. The number of guanidine groups is 1. The van der Waals surface area contributed by atoms with Gasteiger partial charge in [-0.2, -0.15) is 0 Å². The van der Waals surface area contributed by atoms with E-state index in [0.717, 1.165) is 61.1 Å². The molecule has 0 saturated carbocycles. The van der Waals surface area contributed by atoms with Gasteiger partial charge in [0, 0.05) is 44.8 Å². The first kappa shape index (κ1) is 21.2. The third-order valence-electron chi connectivity index (χ3n) is 5.36. The quantitative estimate of drug-likeness (QED) is 0.573. The molecule has 2 heterocycles. The summed E-state index contributed by atoms with van der Waals surface area (Å²) >= 11 is 0. The molecular weight excluding hydrogens is 371 g/mol. The average molecular weight is 403 g/mol. The minimum Gasteiger partial charge on any atom is -0.494 e. The molecule has 1 saturated heterocycles. The number of furan rings is 1. The molecule has 0 bridgehead atoms. The molecule has 0 atom stereocenters. The Morgan fingerprint density at radius 3 is 2.62 bits per heavy atom. The summed E-state index contributed by atoms with van der Waals surface area (Å²) in [6.45, 7) is 7.29. The van der Waals surface area contributed by atoms with Crippen LogP contribution >= 0.6 is 0 Å². The van der Waals surface area contributed by atoms with Gasteiger partial charge in [0.15, 0.2) is 17.5 Å². The monoisotopic (exact) mass is 402 g/mol. The fourth-order valence-corrected chi connectivity index (χ4v) is 3.73. The Bertz CT molecular complexity index is 841. The molecular formula is C22H31FN4O2. The summed E-state index contributed by atoms with van der Waals surface area (Å²) in [6.07, 6.45) is 2.03. The molecule has 2 aromatic rings. The summed E-state index contributed by atoms with van der Waals surface area (Å²) in [5.74, 6) is 2.65. The lowest BCUT2D eigenvalue weighted by Crippen LogP contribution is -2.48. The predicted octanol–water partition coefficient (Wildman–Crippen LogP) is 3.37. The number of piperidine rings is 1. The Morgan fingerprint density at radius 2 is 2.03 bits per heavy atom. The summed E-state index contributed by atoms with van der Waals surface area (Å²) in [5, 5.41) is 6.88. The lowest BCUT2D eigenvalue weighted by Gasteiger charge is -2.33. The number of nitrogens with zero attached hydrogens (tertiary/aromatic N) is 2. The number of rotatable bonds is 6. The highest BCUT2D eigenvalue weighted by molar-refractivity contribution is 5.80. The molecule has 0 amide bonds. The smallest absolute Gasteiger partial charge is 0.191 e. The summed E-state index contributed by atoms with van der Waals surface area (Å²) in [7, 11) is 3.27. The molecule has 7 heteroatoms. The van der Waals surface area contributed by atoms with E-state index in [4.69, 9.17) is 9.15 Å². The Labute approximate surface area is 172 Å². The van der Waals surface area contributed by atoms with Crippen molar-refractivity contribution in [3.63, 3.8) is 0 Å². The van der Waals surface area contributed by atoms with Crippen LogP contribution in [0.25, 0.3) is 0 Å². The van der Waals surface area contributed by atoms with Crippen LogP contribution in [0.4, 0.5) is 4.39 Å². The van der Waals surface area contributed by atoms with Crippen molar-refractivity contribution in [1.82, 2.24) is 15.5 Å². The van der Waals surface area contributed by atoms with Gasteiger partial charge in [0.05, 0.1) is 7.11 Å². The number of benzene rings is 1. The normalized spacial score (nSPS) is 16.1. The van der Waals surface area contributed by atoms with Crippen LogP contribution in [0.3, 0.4) is 0 Å². The number of aryl methyl sites for hydroxylation is 2. The topological polar surface area (TPSA) is 62.0 Å². The first-order valence-corrected chi connectivity index (χ1v) is 10.1. The largest absolute Gasteiger partial charge is 0.494 e. The zero-order chi connectivity index (χ0) is 20.8. The maximum atomic E-state index is 13.9. The van der Waals surface area contributed by atoms with E-state index in [0.29, 0.717) is 12.6 Å². The number of ether oxygens (including phenoxy) is 1. The molecule has 1 aromatic carbocycles. The van der Waals surface area contributed by atoms with E-state index >= 15 is 0 Å². The maximum Gasteiger partial charge on any atom is 0.191 e. The van der Waals surface area contributed by atoms with Crippen molar-refractivity contribution in [3.05, 3.63) is 52.7 Å². The summed E-state index contributed by atoms with van der Waals surface area (Å²) in [4.78, 5) is 6.70. The molecule has 29 heavy (non-hydrogen) atoms. The Morgan fingerprint density at radius 1 is 1.28 bits per heavy atom. The standard InChI is InChI=1S/C22H31FN4O2/c1-15-11-18(16(2)29-15)13-25-22(24-3)26-19-7-9-27(10-8-19)14-17-5-6-21(28-4)20(23)12-17/h5-6,11-12,19H,7-10,13-14H2,1-4H3,(H2,24,25,26). The van der Waals surface area contributed by atoms with Crippen LogP contribution in [-0.2, 0) is 13.1 Å². The zero-order valence-electron chi connectivity index (χ0n) is 17.7. The van der Waals surface area contributed by atoms with Crippen LogP contribution in [0.15, 0.2) is 33.7 Å². The van der Waals surface area contributed by atoms with E-state index in [1.165, 1.54) is 7.11 Å². The van der Waals surface area contributed by atoms with E-state index < -0.39 is 0 Å². The highest BCUT2D eigenvalue weighted by Crippen LogP contribution is 2.20. The Balaban J connectivity index is 1.44. The third-order valence-corrected chi connectivity index (χ3v) is 5.36. The number of likely N-dealkylation sites (tertiary alicyclic amines) is 1. The van der Waals surface area contributed by atoms with E-state index in [2.05, 4.69) is 26.6 Å². The summed E-state index contributed by atoms with van der Waals surface area (Å²) in [5.41, 5.74) is 2.12. The second kappa shape index (κ2) is 9.78. The van der Waals surface area contributed by atoms with Crippen LogP contribution in [0.1, 0.15) is 35.5 Å². The summed E-state index contributed by atoms with van der Waals surface area (Å²) < 4.78 is 24.5. The second-order valence-electron chi connectivity index (χ2n) is 7.53. The van der Waals surface area contributed by atoms with E-state index in [-0.39, 0.29) is 11.6 Å². The van der Waals surface area contributed by atoms with Gasteiger partial charge in [-0.05, 0) is 50.5 Å². The van der Waals surface area contributed by atoms with Crippen LogP contribution < -0.4 is 15.4 Å². The minimum absolute atomic E-state index is 0.288. The van der Waals surface area contributed by atoms with Crippen molar-refractivity contribution in [1.29, 1.82) is 0 Å². The SMILES string of the molecule is CN=C(NCc1cc(C)oc1C)NC1CCN(Cc2ccc(OC)c(F)c2)CC1. The Kier molecular flexibility index (Phi) is 7.14. The number of nitrogens with one attached hydrogen (secondary N) is 2. The number of aliphatic imine (C=N–C) groups is 1. The third kappa shape index (κ3) is 5.73. The van der Waals surface area contributed by atoms with Crippen LogP contribution in [0, 0.1) is 19.7 Å². The van der Waals surface area contributed by atoms with Crippen molar-refractivity contribution in [2.45, 2.75) is 45.8 Å². The molecule has 6 nitrogen and oxygen atoms in total. The molecule has 0 spiro atoms. The van der Waals surface area contributed by atoms with E-state index in [9.17, 15) is 4.39 Å². The minimum atomic E-state index is -0.306. The average Bonchev–Trinajstić information content (AvgIpc) is 3.03. The summed E-state index contributed by atoms with van der Waals surface area (Å²) in [6, 6.07) is 7.61. The van der Waals surface area contributed by atoms with Crippen molar-refractivity contribution in [2.75, 3.05) is 27.2 Å². The number of halogens is 1. The van der Waals surface area contributed by atoms with Crippen molar-refractivity contribution < 1.29 is 13.5 Å². The van der Waals surface area contributed by atoms with Gasteiger partial charge in [-0.1, -0.05) is 6.07 Å². The fraction of sp³-hybridized carbons (Fsp3) is 0.500. The molecule has 0 radical (unpaired) electrons. The molecule has 0 unspecified atom stereocenters. The first-order valence-electron chi connectivity index (χ1n) is 10.1. The fourth-order valence-electron chi connectivity index (χ4n) is 3.73. The van der Waals surface area contributed by atoms with E-state index in [1.54, 1.807) is 19.2 Å². The van der Waals surface area contributed by atoms with E-state index in [1.807, 2.05) is 19.9 Å². The van der Waals surface area contributed by atoms with Gasteiger partial charge >= 0.3 is 0 Å². The second-order valence-corrected chi connectivity index (χ2v) is 7.53. The molecule has 1 aliphatic heterocycles. The Hall–Kier alpha value is -2.54. The highest BCUT2D eigenvalue weighted by atomic mass is 19.1. The molecule has 1 aliphatic rings. The van der Waals surface area contributed by atoms with Gasteiger partial charge in [0.25, 0.3) is 0 Å². The maximum absolute atomic E-state index is 13.9. The van der Waals surface area contributed by atoms with Gasteiger partial charge in [-0.3, -0.25) is 9.89 Å². The van der Waals surface area contributed by atoms with Gasteiger partial charge in [0.1, 0.15) is 11.5 Å². The molecule has 2 N–H and O–H groups in total.